The Balaban J connectivity index is 2.12. The highest BCUT2D eigenvalue weighted by molar-refractivity contribution is 5.94. The van der Waals surface area contributed by atoms with Crippen LogP contribution < -0.4 is 21.9 Å². The minimum absolute atomic E-state index is 0.188. The molecule has 0 aliphatic heterocycles. The maximum atomic E-state index is 13.2. The number of aromatic nitrogens is 4. The lowest BCUT2D eigenvalue weighted by Gasteiger charge is -2.13. The van der Waals surface area contributed by atoms with E-state index in [0.29, 0.717) is 13.1 Å². The van der Waals surface area contributed by atoms with Crippen molar-refractivity contribution in [1.29, 1.82) is 0 Å². The summed E-state index contributed by atoms with van der Waals surface area (Å²) in [6.45, 7) is 6.19. The van der Waals surface area contributed by atoms with E-state index in [1.54, 1.807) is 11.5 Å². The van der Waals surface area contributed by atoms with Crippen LogP contribution in [0.25, 0.3) is 11.2 Å². The number of nitrogens with one attached hydrogen (secondary N) is 2. The summed E-state index contributed by atoms with van der Waals surface area (Å²) in [6, 6.07) is 8.61. The largest absolute Gasteiger partial charge is 0.338 e. The highest BCUT2D eigenvalue weighted by Gasteiger charge is 2.20. The minimum atomic E-state index is -0.759. The average molecular weight is 426 g/mol. The summed E-state index contributed by atoms with van der Waals surface area (Å²) >= 11 is 0. The number of imidazole rings is 1. The van der Waals surface area contributed by atoms with Crippen LogP contribution in [0.5, 0.6) is 0 Å². The van der Waals surface area contributed by atoms with Gasteiger partial charge in [0, 0.05) is 13.1 Å². The van der Waals surface area contributed by atoms with Gasteiger partial charge in [-0.2, -0.15) is 0 Å². The lowest BCUT2D eigenvalue weighted by Crippen LogP contribution is -2.47. The number of amides is 3. The fraction of sp³-hybridized carbons (Fsp3) is 0.381. The first kappa shape index (κ1) is 22.0. The van der Waals surface area contributed by atoms with Crippen LogP contribution in [-0.2, 0) is 24.4 Å². The van der Waals surface area contributed by atoms with E-state index in [0.717, 1.165) is 10.1 Å². The summed E-state index contributed by atoms with van der Waals surface area (Å²) in [5.41, 5.74) is 0.0759. The zero-order valence-corrected chi connectivity index (χ0v) is 17.8. The fourth-order valence-corrected chi connectivity index (χ4v) is 3.33. The predicted octanol–water partition coefficient (Wildman–Crippen LogP) is 0.910. The number of benzene rings is 1. The normalized spacial score (nSPS) is 11.1. The summed E-state index contributed by atoms with van der Waals surface area (Å²) < 4.78 is 3.92. The van der Waals surface area contributed by atoms with E-state index in [2.05, 4.69) is 15.6 Å². The minimum Gasteiger partial charge on any atom is -0.338 e. The summed E-state index contributed by atoms with van der Waals surface area (Å²) in [6.07, 6.45) is 1.53. The monoisotopic (exact) mass is 426 g/mol. The van der Waals surface area contributed by atoms with Gasteiger partial charge in [-0.05, 0) is 18.4 Å². The van der Waals surface area contributed by atoms with Gasteiger partial charge in [0.05, 0.1) is 12.9 Å². The number of hydrogen-bond donors (Lipinski definition) is 2. The average Bonchev–Trinajstić information content (AvgIpc) is 3.12. The smallest absolute Gasteiger partial charge is 0.333 e. The maximum Gasteiger partial charge on any atom is 0.333 e. The Morgan fingerprint density at radius 1 is 1.10 bits per heavy atom. The summed E-state index contributed by atoms with van der Waals surface area (Å²) in [4.78, 5) is 54.6. The van der Waals surface area contributed by atoms with Crippen LogP contribution in [0, 0.1) is 5.92 Å². The number of nitrogens with zero attached hydrogens (tertiary/aromatic N) is 4. The van der Waals surface area contributed by atoms with Gasteiger partial charge in [-0.25, -0.2) is 19.1 Å². The molecule has 2 heterocycles. The number of hydrogen-bond acceptors (Lipinski definition) is 5. The summed E-state index contributed by atoms with van der Waals surface area (Å²) in [5, 5.41) is 4.56. The Morgan fingerprint density at radius 3 is 2.45 bits per heavy atom. The van der Waals surface area contributed by atoms with Gasteiger partial charge in [0.15, 0.2) is 11.2 Å². The van der Waals surface area contributed by atoms with Crippen molar-refractivity contribution in [3.8, 4) is 0 Å². The zero-order chi connectivity index (χ0) is 22.5. The molecule has 10 heteroatoms. The Labute approximate surface area is 178 Å². The first-order valence-corrected chi connectivity index (χ1v) is 10.1. The van der Waals surface area contributed by atoms with Crippen molar-refractivity contribution in [3.05, 3.63) is 63.1 Å². The molecule has 0 atom stereocenters. The van der Waals surface area contributed by atoms with Crippen LogP contribution in [0.3, 0.4) is 0 Å². The number of carbonyl (C=O) groups is 2. The van der Waals surface area contributed by atoms with Gasteiger partial charge in [-0.3, -0.25) is 19.5 Å². The second kappa shape index (κ2) is 9.41. The van der Waals surface area contributed by atoms with Gasteiger partial charge in [0.25, 0.3) is 5.56 Å². The van der Waals surface area contributed by atoms with Gasteiger partial charge >= 0.3 is 11.7 Å². The Kier molecular flexibility index (Phi) is 6.68. The third kappa shape index (κ3) is 4.90. The number of carbonyl (C=O) groups excluding carboxylic acids is 2. The molecular formula is C21H26N6O4. The van der Waals surface area contributed by atoms with Crippen molar-refractivity contribution in [1.82, 2.24) is 29.3 Å². The van der Waals surface area contributed by atoms with E-state index >= 15 is 0 Å². The molecule has 10 nitrogen and oxygen atoms in total. The molecule has 2 N–H and O–H groups in total. The SMILES string of the molecule is CCNC(=O)NC(=O)Cn1c(=O)c2c(ncn2CC(C)C)n(Cc2ccccc2)c1=O. The first-order valence-electron chi connectivity index (χ1n) is 10.1. The molecule has 0 spiro atoms. The summed E-state index contributed by atoms with van der Waals surface area (Å²) in [7, 11) is 0. The van der Waals surface area contributed by atoms with E-state index in [1.165, 1.54) is 10.9 Å². The second-order valence-corrected chi connectivity index (χ2v) is 7.62. The number of fused-ring (bicyclic) bond motifs is 1. The van der Waals surface area contributed by atoms with Crippen LogP contribution in [0.2, 0.25) is 0 Å². The van der Waals surface area contributed by atoms with Crippen LogP contribution in [0.1, 0.15) is 26.3 Å². The fourth-order valence-electron chi connectivity index (χ4n) is 3.33. The molecule has 1 aromatic carbocycles. The maximum absolute atomic E-state index is 13.2. The number of imide groups is 1. The predicted molar refractivity (Wildman–Crippen MR) is 116 cm³/mol. The lowest BCUT2D eigenvalue weighted by atomic mass is 10.2. The molecule has 0 unspecified atom stereocenters. The molecule has 164 valence electrons. The molecule has 31 heavy (non-hydrogen) atoms. The van der Waals surface area contributed by atoms with E-state index in [4.69, 9.17) is 0 Å². The van der Waals surface area contributed by atoms with Crippen LogP contribution >= 0.6 is 0 Å². The van der Waals surface area contributed by atoms with Crippen molar-refractivity contribution >= 4 is 23.1 Å². The molecule has 0 aliphatic rings. The van der Waals surface area contributed by atoms with Gasteiger partial charge < -0.3 is 9.88 Å². The molecule has 3 rings (SSSR count). The van der Waals surface area contributed by atoms with Gasteiger partial charge in [-0.15, -0.1) is 0 Å². The van der Waals surface area contributed by atoms with E-state index in [9.17, 15) is 19.2 Å². The molecule has 0 aliphatic carbocycles. The van der Waals surface area contributed by atoms with E-state index in [-0.39, 0.29) is 23.6 Å². The number of urea groups is 1. The zero-order valence-electron chi connectivity index (χ0n) is 17.8. The Morgan fingerprint density at radius 2 is 1.81 bits per heavy atom. The third-order valence-corrected chi connectivity index (χ3v) is 4.62. The molecule has 3 aromatic rings. The van der Waals surface area contributed by atoms with Crippen molar-refractivity contribution in [3.63, 3.8) is 0 Å². The van der Waals surface area contributed by atoms with Crippen LogP contribution in [0.4, 0.5) is 4.79 Å². The Hall–Kier alpha value is -3.69. The van der Waals surface area contributed by atoms with Crippen molar-refractivity contribution in [2.75, 3.05) is 6.54 Å². The van der Waals surface area contributed by atoms with E-state index in [1.807, 2.05) is 44.2 Å². The van der Waals surface area contributed by atoms with Gasteiger partial charge in [0.2, 0.25) is 5.91 Å². The molecule has 0 saturated heterocycles. The van der Waals surface area contributed by atoms with Gasteiger partial charge in [0.1, 0.15) is 6.54 Å². The molecule has 0 saturated carbocycles. The van der Waals surface area contributed by atoms with Gasteiger partial charge in [-0.1, -0.05) is 44.2 Å². The number of rotatable bonds is 7. The topological polar surface area (TPSA) is 120 Å². The highest BCUT2D eigenvalue weighted by atomic mass is 16.2. The van der Waals surface area contributed by atoms with Crippen molar-refractivity contribution in [2.24, 2.45) is 5.92 Å². The standard InChI is InChI=1S/C21H26N6O4/c1-4-22-20(30)24-16(28)12-27-19(29)17-18(23-13-25(17)10-14(2)3)26(21(27)31)11-15-8-6-5-7-9-15/h5-9,13-14H,4,10-12H2,1-3H3,(H2,22,24,28,30). The van der Waals surface area contributed by atoms with Crippen molar-refractivity contribution in [2.45, 2.75) is 40.4 Å². The highest BCUT2D eigenvalue weighted by Crippen LogP contribution is 2.11. The molecule has 3 amide bonds. The second-order valence-electron chi connectivity index (χ2n) is 7.62. The third-order valence-electron chi connectivity index (χ3n) is 4.62. The molecule has 0 fully saturated rings. The summed E-state index contributed by atoms with van der Waals surface area (Å²) in [5.74, 6) is -0.522. The van der Waals surface area contributed by atoms with E-state index < -0.39 is 29.7 Å². The first-order chi connectivity index (χ1) is 14.8. The molecule has 2 aromatic heterocycles. The lowest BCUT2D eigenvalue weighted by molar-refractivity contribution is -0.120. The van der Waals surface area contributed by atoms with Crippen molar-refractivity contribution < 1.29 is 9.59 Å². The van der Waals surface area contributed by atoms with Crippen LogP contribution in [-0.4, -0.2) is 37.2 Å². The molecule has 0 bridgehead atoms. The quantitative estimate of drug-likeness (QED) is 0.582. The molecule has 0 radical (unpaired) electrons. The molecular weight excluding hydrogens is 400 g/mol. The Bertz CT molecular complexity index is 1210. The van der Waals surface area contributed by atoms with Crippen LogP contribution in [0.15, 0.2) is 46.2 Å².